The summed E-state index contributed by atoms with van der Waals surface area (Å²) < 4.78 is 0. The summed E-state index contributed by atoms with van der Waals surface area (Å²) in [7, 11) is 0. The number of hydrogen-bond acceptors (Lipinski definition) is 0. The number of unbranched alkanes of at least 4 members (excludes halogenated alkanes) is 1. The number of rotatable bonds is 3. The Kier molecular flexibility index (Phi) is 3.77. The fraction of sp³-hybridized carbons (Fsp3) is 0.429. The number of terminal acetylenes is 1. The third-order valence-electron chi connectivity index (χ3n) is 2.64. The molecule has 0 aliphatic rings. The van der Waals surface area contributed by atoms with Gasteiger partial charge in [0.15, 0.2) is 0 Å². The van der Waals surface area contributed by atoms with Crippen molar-refractivity contribution in [1.29, 1.82) is 0 Å². The first kappa shape index (κ1) is 10.9. The zero-order valence-electron chi connectivity index (χ0n) is 9.35. The molecule has 0 bridgehead atoms. The Balaban J connectivity index is 3.01. The van der Waals surface area contributed by atoms with Crippen molar-refractivity contribution in [2.24, 2.45) is 0 Å². The van der Waals surface area contributed by atoms with Gasteiger partial charge in [0.2, 0.25) is 0 Å². The van der Waals surface area contributed by atoms with E-state index < -0.39 is 0 Å². The molecule has 0 saturated heterocycles. The van der Waals surface area contributed by atoms with Crippen LogP contribution in [0.4, 0.5) is 0 Å². The average molecular weight is 186 g/mol. The minimum atomic E-state index is 1.00. The molecular weight excluding hydrogens is 168 g/mol. The van der Waals surface area contributed by atoms with E-state index in [0.717, 1.165) is 5.56 Å². The highest BCUT2D eigenvalue weighted by Gasteiger charge is 2.03. The second kappa shape index (κ2) is 4.86. The van der Waals surface area contributed by atoms with Gasteiger partial charge in [-0.1, -0.05) is 19.3 Å². The van der Waals surface area contributed by atoms with Crippen LogP contribution in [0.5, 0.6) is 0 Å². The second-order valence-corrected chi connectivity index (χ2v) is 3.84. The fourth-order valence-corrected chi connectivity index (χ4v) is 1.82. The molecule has 0 amide bonds. The molecule has 0 aromatic heterocycles. The van der Waals surface area contributed by atoms with Crippen molar-refractivity contribution in [2.45, 2.75) is 40.0 Å². The van der Waals surface area contributed by atoms with Crippen LogP contribution in [-0.2, 0) is 6.42 Å². The third kappa shape index (κ3) is 2.39. The molecule has 0 heterocycles. The first-order valence-corrected chi connectivity index (χ1v) is 5.25. The van der Waals surface area contributed by atoms with Gasteiger partial charge in [0.05, 0.1) is 0 Å². The summed E-state index contributed by atoms with van der Waals surface area (Å²) >= 11 is 0. The van der Waals surface area contributed by atoms with Crippen LogP contribution in [0.3, 0.4) is 0 Å². The molecular formula is C14H18. The van der Waals surface area contributed by atoms with E-state index in [1.807, 2.05) is 0 Å². The van der Waals surface area contributed by atoms with Crippen molar-refractivity contribution in [3.05, 3.63) is 34.4 Å². The molecule has 0 nitrogen and oxygen atoms in total. The molecule has 0 fully saturated rings. The van der Waals surface area contributed by atoms with Gasteiger partial charge < -0.3 is 0 Å². The molecule has 1 aromatic rings. The molecule has 0 unspecified atom stereocenters. The highest BCUT2D eigenvalue weighted by Crippen LogP contribution is 2.18. The Labute approximate surface area is 87.4 Å². The van der Waals surface area contributed by atoms with Crippen LogP contribution in [0.1, 0.15) is 42.0 Å². The average Bonchev–Trinajstić information content (AvgIpc) is 2.16. The van der Waals surface area contributed by atoms with E-state index in [4.69, 9.17) is 6.42 Å². The van der Waals surface area contributed by atoms with Crippen LogP contribution in [0.15, 0.2) is 12.1 Å². The SMILES string of the molecule is C#Cc1cc(C)c(CCCC)c(C)c1. The summed E-state index contributed by atoms with van der Waals surface area (Å²) in [5.74, 6) is 2.69. The van der Waals surface area contributed by atoms with Crippen molar-refractivity contribution >= 4 is 0 Å². The van der Waals surface area contributed by atoms with Crippen molar-refractivity contribution in [3.63, 3.8) is 0 Å². The maximum Gasteiger partial charge on any atom is 0.0248 e. The Morgan fingerprint density at radius 3 is 2.21 bits per heavy atom. The minimum absolute atomic E-state index is 1.00. The van der Waals surface area contributed by atoms with E-state index in [-0.39, 0.29) is 0 Å². The largest absolute Gasteiger partial charge is 0.115 e. The second-order valence-electron chi connectivity index (χ2n) is 3.84. The van der Waals surface area contributed by atoms with Gasteiger partial charge >= 0.3 is 0 Å². The van der Waals surface area contributed by atoms with Crippen LogP contribution in [0.2, 0.25) is 0 Å². The molecule has 14 heavy (non-hydrogen) atoms. The summed E-state index contributed by atoms with van der Waals surface area (Å²) in [6, 6.07) is 4.22. The van der Waals surface area contributed by atoms with Crippen LogP contribution in [0, 0.1) is 26.2 Å². The molecule has 0 aliphatic heterocycles. The third-order valence-corrected chi connectivity index (χ3v) is 2.64. The summed E-state index contributed by atoms with van der Waals surface area (Å²) in [5.41, 5.74) is 5.16. The fourth-order valence-electron chi connectivity index (χ4n) is 1.82. The molecule has 0 N–H and O–H groups in total. The van der Waals surface area contributed by atoms with Gasteiger partial charge in [-0.25, -0.2) is 0 Å². The van der Waals surface area contributed by atoms with Crippen molar-refractivity contribution in [1.82, 2.24) is 0 Å². The van der Waals surface area contributed by atoms with Gasteiger partial charge in [0.25, 0.3) is 0 Å². The highest BCUT2D eigenvalue weighted by molar-refractivity contribution is 5.44. The Morgan fingerprint density at radius 2 is 1.79 bits per heavy atom. The molecule has 74 valence electrons. The Hall–Kier alpha value is -1.22. The molecule has 1 aromatic carbocycles. The number of benzene rings is 1. The lowest BCUT2D eigenvalue weighted by Gasteiger charge is -2.09. The van der Waals surface area contributed by atoms with Crippen LogP contribution in [-0.4, -0.2) is 0 Å². The number of hydrogen-bond donors (Lipinski definition) is 0. The molecule has 0 radical (unpaired) electrons. The van der Waals surface area contributed by atoms with Crippen molar-refractivity contribution in [2.75, 3.05) is 0 Å². The van der Waals surface area contributed by atoms with E-state index in [0.29, 0.717) is 0 Å². The zero-order valence-corrected chi connectivity index (χ0v) is 9.35. The van der Waals surface area contributed by atoms with Gasteiger partial charge in [-0.05, 0) is 55.5 Å². The summed E-state index contributed by atoms with van der Waals surface area (Å²) in [4.78, 5) is 0. The van der Waals surface area contributed by atoms with Gasteiger partial charge in [0, 0.05) is 5.56 Å². The first-order chi connectivity index (χ1) is 6.69. The van der Waals surface area contributed by atoms with Crippen LogP contribution >= 0.6 is 0 Å². The summed E-state index contributed by atoms with van der Waals surface area (Å²) in [6.07, 6.45) is 9.07. The van der Waals surface area contributed by atoms with Crippen molar-refractivity contribution < 1.29 is 0 Å². The van der Waals surface area contributed by atoms with E-state index >= 15 is 0 Å². The van der Waals surface area contributed by atoms with Crippen LogP contribution in [0.25, 0.3) is 0 Å². The van der Waals surface area contributed by atoms with Gasteiger partial charge in [-0.15, -0.1) is 6.42 Å². The standard InChI is InChI=1S/C14H18/c1-5-7-8-14-11(3)9-13(6-2)10-12(14)4/h2,9-10H,5,7-8H2,1,3-4H3. The quantitative estimate of drug-likeness (QED) is 0.632. The molecule has 0 spiro atoms. The molecule has 0 aliphatic carbocycles. The van der Waals surface area contributed by atoms with Gasteiger partial charge in [-0.2, -0.15) is 0 Å². The van der Waals surface area contributed by atoms with Crippen LogP contribution < -0.4 is 0 Å². The van der Waals surface area contributed by atoms with E-state index in [2.05, 4.69) is 38.8 Å². The summed E-state index contributed by atoms with van der Waals surface area (Å²) in [5, 5.41) is 0. The molecule has 0 saturated carbocycles. The molecule has 0 atom stereocenters. The maximum atomic E-state index is 5.39. The van der Waals surface area contributed by atoms with Gasteiger partial charge in [-0.3, -0.25) is 0 Å². The smallest absolute Gasteiger partial charge is 0.0248 e. The zero-order chi connectivity index (χ0) is 10.6. The predicted molar refractivity (Wildman–Crippen MR) is 62.5 cm³/mol. The Bertz CT molecular complexity index is 330. The lowest BCUT2D eigenvalue weighted by atomic mass is 9.95. The number of aryl methyl sites for hydroxylation is 2. The lowest BCUT2D eigenvalue weighted by Crippen LogP contribution is -1.95. The Morgan fingerprint density at radius 1 is 1.21 bits per heavy atom. The predicted octanol–water partition coefficient (Wildman–Crippen LogP) is 3.63. The highest BCUT2D eigenvalue weighted by atomic mass is 14.1. The minimum Gasteiger partial charge on any atom is -0.115 e. The van der Waals surface area contributed by atoms with Gasteiger partial charge in [0.1, 0.15) is 0 Å². The topological polar surface area (TPSA) is 0 Å². The van der Waals surface area contributed by atoms with E-state index in [1.165, 1.54) is 36.0 Å². The lowest BCUT2D eigenvalue weighted by molar-refractivity contribution is 0.787. The monoisotopic (exact) mass is 186 g/mol. The van der Waals surface area contributed by atoms with Crippen molar-refractivity contribution in [3.8, 4) is 12.3 Å². The van der Waals surface area contributed by atoms with E-state index in [9.17, 15) is 0 Å². The first-order valence-electron chi connectivity index (χ1n) is 5.25. The van der Waals surface area contributed by atoms with E-state index in [1.54, 1.807) is 0 Å². The normalized spacial score (nSPS) is 9.86. The maximum absolute atomic E-state index is 5.39. The summed E-state index contributed by atoms with van der Waals surface area (Å²) in [6.45, 7) is 6.53. The molecule has 1 rings (SSSR count). The molecule has 0 heteroatoms.